The standard InChI is InChI=1S/C24H30O4/c25-23(19-27-17-21-12-6-2-7-13-21)24-15-9-3-8-14-22(28-24)18-26-16-20-10-4-1-5-11-20/h1-7,9-13,22-25H,8,14-19H2/b9-3-/t22-,23-,24-/m0/s1. The van der Waals surface area contributed by atoms with Crippen molar-refractivity contribution in [2.24, 2.45) is 0 Å². The van der Waals surface area contributed by atoms with E-state index in [1.165, 1.54) is 0 Å². The Morgan fingerprint density at radius 2 is 1.54 bits per heavy atom. The molecule has 1 aliphatic heterocycles. The van der Waals surface area contributed by atoms with Crippen molar-refractivity contribution in [2.45, 2.75) is 50.8 Å². The molecule has 3 rings (SSSR count). The van der Waals surface area contributed by atoms with E-state index < -0.39 is 6.10 Å². The van der Waals surface area contributed by atoms with Gasteiger partial charge in [-0.15, -0.1) is 0 Å². The summed E-state index contributed by atoms with van der Waals surface area (Å²) in [5.41, 5.74) is 2.25. The van der Waals surface area contributed by atoms with E-state index in [-0.39, 0.29) is 18.8 Å². The molecular formula is C24H30O4. The summed E-state index contributed by atoms with van der Waals surface area (Å²) in [4.78, 5) is 0. The molecule has 0 saturated heterocycles. The molecule has 1 N–H and O–H groups in total. The van der Waals surface area contributed by atoms with Crippen LogP contribution in [0.15, 0.2) is 72.8 Å². The number of ether oxygens (including phenoxy) is 3. The number of hydrogen-bond acceptors (Lipinski definition) is 4. The second kappa shape index (κ2) is 11.8. The number of allylic oxidation sites excluding steroid dienone is 1. The highest BCUT2D eigenvalue weighted by Gasteiger charge is 2.24. The highest BCUT2D eigenvalue weighted by Crippen LogP contribution is 2.18. The van der Waals surface area contributed by atoms with Crippen LogP contribution in [0.2, 0.25) is 0 Å². The molecule has 0 aliphatic carbocycles. The Morgan fingerprint density at radius 1 is 0.893 bits per heavy atom. The average molecular weight is 383 g/mol. The SMILES string of the molecule is O[C@@H](COCc1ccccc1)[C@@H]1C/C=C\CC[C@@H](COCc2ccccc2)O1. The summed E-state index contributed by atoms with van der Waals surface area (Å²) in [6, 6.07) is 20.1. The largest absolute Gasteiger partial charge is 0.388 e. The Morgan fingerprint density at radius 3 is 2.21 bits per heavy atom. The van der Waals surface area contributed by atoms with Gasteiger partial charge < -0.3 is 19.3 Å². The minimum atomic E-state index is -0.664. The lowest BCUT2D eigenvalue weighted by Gasteiger charge is -2.29. The van der Waals surface area contributed by atoms with Crippen molar-refractivity contribution in [3.05, 3.63) is 83.9 Å². The maximum Gasteiger partial charge on any atom is 0.104 e. The van der Waals surface area contributed by atoms with Gasteiger partial charge >= 0.3 is 0 Å². The summed E-state index contributed by atoms with van der Waals surface area (Å²) in [5, 5.41) is 10.6. The van der Waals surface area contributed by atoms with E-state index in [1.54, 1.807) is 0 Å². The van der Waals surface area contributed by atoms with Gasteiger partial charge in [0.1, 0.15) is 6.10 Å². The molecule has 4 heteroatoms. The quantitative estimate of drug-likeness (QED) is 0.658. The number of hydrogen-bond donors (Lipinski definition) is 1. The topological polar surface area (TPSA) is 47.9 Å². The summed E-state index contributed by atoms with van der Waals surface area (Å²) in [5.74, 6) is 0. The third kappa shape index (κ3) is 7.21. The minimum Gasteiger partial charge on any atom is -0.388 e. The fourth-order valence-electron chi connectivity index (χ4n) is 3.23. The van der Waals surface area contributed by atoms with Crippen LogP contribution in [0.3, 0.4) is 0 Å². The van der Waals surface area contributed by atoms with Crippen molar-refractivity contribution in [1.82, 2.24) is 0 Å². The van der Waals surface area contributed by atoms with Crippen LogP contribution in [0, 0.1) is 0 Å². The molecule has 0 unspecified atom stereocenters. The number of aliphatic hydroxyl groups is 1. The molecule has 4 nitrogen and oxygen atoms in total. The third-order valence-corrected chi connectivity index (χ3v) is 4.80. The minimum absolute atomic E-state index is 0.0255. The third-order valence-electron chi connectivity index (χ3n) is 4.80. The van der Waals surface area contributed by atoms with Gasteiger partial charge in [-0.25, -0.2) is 0 Å². The van der Waals surface area contributed by atoms with Gasteiger partial charge in [0.05, 0.1) is 38.6 Å². The molecule has 1 heterocycles. The fourth-order valence-corrected chi connectivity index (χ4v) is 3.23. The first-order chi connectivity index (χ1) is 13.8. The molecule has 0 saturated carbocycles. The lowest BCUT2D eigenvalue weighted by atomic mass is 10.1. The Hall–Kier alpha value is -1.98. The fraction of sp³-hybridized carbons (Fsp3) is 0.417. The Kier molecular flexibility index (Phi) is 8.72. The van der Waals surface area contributed by atoms with Crippen LogP contribution in [0.5, 0.6) is 0 Å². The van der Waals surface area contributed by atoms with Crippen LogP contribution in [0.25, 0.3) is 0 Å². The van der Waals surface area contributed by atoms with Crippen LogP contribution in [0.1, 0.15) is 30.4 Å². The van der Waals surface area contributed by atoms with Gasteiger partial charge in [0.15, 0.2) is 0 Å². The van der Waals surface area contributed by atoms with E-state index in [1.807, 2.05) is 48.5 Å². The molecule has 0 amide bonds. The van der Waals surface area contributed by atoms with Crippen LogP contribution >= 0.6 is 0 Å². The molecule has 2 aromatic rings. The Labute approximate surface area is 167 Å². The lowest BCUT2D eigenvalue weighted by molar-refractivity contribution is -0.122. The zero-order chi connectivity index (χ0) is 19.4. The lowest BCUT2D eigenvalue weighted by Crippen LogP contribution is -2.37. The van der Waals surface area contributed by atoms with Crippen LogP contribution < -0.4 is 0 Å². The van der Waals surface area contributed by atoms with E-state index in [0.717, 1.165) is 24.0 Å². The first-order valence-corrected chi connectivity index (χ1v) is 10.0. The molecular weight excluding hydrogens is 352 g/mol. The monoisotopic (exact) mass is 382 g/mol. The van der Waals surface area contributed by atoms with Crippen LogP contribution in [-0.2, 0) is 27.4 Å². The van der Waals surface area contributed by atoms with Crippen LogP contribution in [0.4, 0.5) is 0 Å². The van der Waals surface area contributed by atoms with Gasteiger partial charge in [-0.3, -0.25) is 0 Å². The summed E-state index contributed by atoms with van der Waals surface area (Å²) >= 11 is 0. The summed E-state index contributed by atoms with van der Waals surface area (Å²) in [6.45, 7) is 1.84. The van der Waals surface area contributed by atoms with Gasteiger partial charge in [-0.05, 0) is 30.4 Å². The second-order valence-corrected chi connectivity index (χ2v) is 7.15. The molecule has 28 heavy (non-hydrogen) atoms. The zero-order valence-electron chi connectivity index (χ0n) is 16.3. The molecule has 0 aromatic heterocycles. The van der Waals surface area contributed by atoms with Gasteiger partial charge in [-0.2, -0.15) is 0 Å². The number of benzene rings is 2. The molecule has 150 valence electrons. The van der Waals surface area contributed by atoms with Gasteiger partial charge in [0.25, 0.3) is 0 Å². The van der Waals surface area contributed by atoms with Gasteiger partial charge in [0.2, 0.25) is 0 Å². The van der Waals surface area contributed by atoms with Crippen molar-refractivity contribution >= 4 is 0 Å². The van der Waals surface area contributed by atoms with Crippen molar-refractivity contribution in [1.29, 1.82) is 0 Å². The average Bonchev–Trinajstić information content (AvgIpc) is 2.71. The molecule has 0 bridgehead atoms. The number of rotatable bonds is 9. The maximum absolute atomic E-state index is 10.6. The molecule has 3 atom stereocenters. The molecule has 0 radical (unpaired) electrons. The van der Waals surface area contributed by atoms with Crippen molar-refractivity contribution in [2.75, 3.05) is 13.2 Å². The van der Waals surface area contributed by atoms with Crippen molar-refractivity contribution in [3.63, 3.8) is 0 Å². The summed E-state index contributed by atoms with van der Waals surface area (Å²) in [6.07, 6.45) is 5.82. The maximum atomic E-state index is 10.6. The summed E-state index contributed by atoms with van der Waals surface area (Å²) in [7, 11) is 0. The number of aliphatic hydroxyl groups excluding tert-OH is 1. The predicted molar refractivity (Wildman–Crippen MR) is 110 cm³/mol. The predicted octanol–water partition coefficient (Wildman–Crippen LogP) is 4.27. The highest BCUT2D eigenvalue weighted by atomic mass is 16.5. The van der Waals surface area contributed by atoms with E-state index in [2.05, 4.69) is 24.3 Å². The Bertz CT molecular complexity index is 686. The zero-order valence-corrected chi connectivity index (χ0v) is 16.3. The molecule has 1 aliphatic rings. The van der Waals surface area contributed by atoms with E-state index in [4.69, 9.17) is 14.2 Å². The van der Waals surface area contributed by atoms with E-state index >= 15 is 0 Å². The van der Waals surface area contributed by atoms with Crippen LogP contribution in [-0.4, -0.2) is 36.6 Å². The normalized spacial score (nSPS) is 22.2. The van der Waals surface area contributed by atoms with E-state index in [0.29, 0.717) is 26.2 Å². The van der Waals surface area contributed by atoms with Gasteiger partial charge in [0, 0.05) is 0 Å². The van der Waals surface area contributed by atoms with E-state index in [9.17, 15) is 5.11 Å². The molecule has 0 fully saturated rings. The van der Waals surface area contributed by atoms with Crippen molar-refractivity contribution in [3.8, 4) is 0 Å². The summed E-state index contributed by atoms with van der Waals surface area (Å²) < 4.78 is 17.7. The molecule has 2 aromatic carbocycles. The first kappa shape index (κ1) is 20.7. The smallest absolute Gasteiger partial charge is 0.104 e. The first-order valence-electron chi connectivity index (χ1n) is 10.0. The second-order valence-electron chi connectivity index (χ2n) is 7.15. The van der Waals surface area contributed by atoms with Crippen molar-refractivity contribution < 1.29 is 19.3 Å². The molecule has 0 spiro atoms. The van der Waals surface area contributed by atoms with Gasteiger partial charge in [-0.1, -0.05) is 72.8 Å². The Balaban J connectivity index is 1.44. The highest BCUT2D eigenvalue weighted by molar-refractivity contribution is 5.14.